The van der Waals surface area contributed by atoms with Crippen LogP contribution in [0.4, 0.5) is 0 Å². The molecule has 5 nitrogen and oxygen atoms in total. The van der Waals surface area contributed by atoms with Gasteiger partial charge in [-0.1, -0.05) is 236 Å². The zero-order valence-electron chi connectivity index (χ0n) is 42.8. The van der Waals surface area contributed by atoms with E-state index in [0.717, 1.165) is 70.6 Å². The number of unbranched alkanes of at least 4 members (excludes halogenated alkanes) is 30. The van der Waals surface area contributed by atoms with E-state index in [2.05, 4.69) is 81.5 Å². The highest BCUT2D eigenvalue weighted by molar-refractivity contribution is 5.70. The van der Waals surface area contributed by atoms with Gasteiger partial charge in [0.2, 0.25) is 0 Å². The van der Waals surface area contributed by atoms with Crippen molar-refractivity contribution in [3.05, 3.63) is 60.8 Å². The molecule has 0 amide bonds. The van der Waals surface area contributed by atoms with Crippen molar-refractivity contribution in [2.75, 3.05) is 19.8 Å². The third-order valence-electron chi connectivity index (χ3n) is 12.0. The fraction of sp³-hybridized carbons (Fsp3) is 0.797. The molecule has 0 aliphatic heterocycles. The highest BCUT2D eigenvalue weighted by Gasteiger charge is 2.17. The van der Waals surface area contributed by atoms with Gasteiger partial charge in [0.25, 0.3) is 0 Å². The highest BCUT2D eigenvalue weighted by Crippen LogP contribution is 2.15. The molecule has 0 fully saturated rings. The van der Waals surface area contributed by atoms with E-state index in [-0.39, 0.29) is 25.2 Å². The van der Waals surface area contributed by atoms with Crippen molar-refractivity contribution in [1.29, 1.82) is 0 Å². The lowest BCUT2D eigenvalue weighted by molar-refractivity contribution is -0.163. The molecule has 0 aromatic rings. The summed E-state index contributed by atoms with van der Waals surface area (Å²) in [5.74, 6) is -0.440. The van der Waals surface area contributed by atoms with Gasteiger partial charge in [-0.15, -0.1) is 0 Å². The van der Waals surface area contributed by atoms with Crippen LogP contribution in [0.1, 0.15) is 278 Å². The standard InChI is InChI=1S/C59H106O5/c1-4-7-10-13-16-19-22-25-28-30-32-35-38-41-44-47-50-53-59(61)64-57(55-62-54-51-48-45-42-39-36-33-29-26-23-20-17-14-11-8-5-2)56-63-58(60)52-49-46-43-40-37-34-31-27-24-21-18-15-12-9-6-3/h16,18-19,21,25,27-28,31,37,40,57H,4-15,17,20,22-24,26,29-30,32-36,38-39,41-56H2,1-3H3/b19-16-,21-18-,28-25-,31-27-,40-37-/t57-/m1/s1. The van der Waals surface area contributed by atoms with Crippen molar-refractivity contribution in [3.63, 3.8) is 0 Å². The molecule has 0 radical (unpaired) electrons. The molecule has 0 unspecified atom stereocenters. The van der Waals surface area contributed by atoms with Gasteiger partial charge in [-0.25, -0.2) is 0 Å². The summed E-state index contributed by atoms with van der Waals surface area (Å²) in [7, 11) is 0. The quantitative estimate of drug-likeness (QED) is 0.0346. The van der Waals surface area contributed by atoms with E-state index < -0.39 is 6.10 Å². The Kier molecular flexibility index (Phi) is 52.9. The summed E-state index contributed by atoms with van der Waals surface area (Å²) in [4.78, 5) is 25.5. The van der Waals surface area contributed by atoms with Crippen molar-refractivity contribution < 1.29 is 23.8 Å². The summed E-state index contributed by atoms with van der Waals surface area (Å²) in [6, 6.07) is 0. The zero-order chi connectivity index (χ0) is 46.3. The second-order valence-electron chi connectivity index (χ2n) is 18.5. The fourth-order valence-electron chi connectivity index (χ4n) is 7.84. The molecule has 0 saturated carbocycles. The van der Waals surface area contributed by atoms with Crippen molar-refractivity contribution in [2.45, 2.75) is 284 Å². The minimum absolute atomic E-state index is 0.0641. The molecule has 0 rings (SSSR count). The molecule has 0 aliphatic carbocycles. The van der Waals surface area contributed by atoms with E-state index in [1.807, 2.05) is 0 Å². The molecule has 0 aliphatic rings. The molecule has 0 saturated heterocycles. The average molecular weight is 895 g/mol. The Hall–Kier alpha value is -2.40. The van der Waals surface area contributed by atoms with Gasteiger partial charge < -0.3 is 14.2 Å². The smallest absolute Gasteiger partial charge is 0.306 e. The number of hydrogen-bond acceptors (Lipinski definition) is 5. The first-order valence-electron chi connectivity index (χ1n) is 27.8. The molecule has 5 heteroatoms. The maximum absolute atomic E-state index is 12.8. The molecule has 0 aromatic carbocycles. The predicted molar refractivity (Wildman–Crippen MR) is 279 cm³/mol. The molecular formula is C59H106O5. The van der Waals surface area contributed by atoms with Crippen molar-refractivity contribution in [1.82, 2.24) is 0 Å². The third-order valence-corrected chi connectivity index (χ3v) is 12.0. The third kappa shape index (κ3) is 52.2. The first-order chi connectivity index (χ1) is 31.6. The highest BCUT2D eigenvalue weighted by atomic mass is 16.6. The first kappa shape index (κ1) is 61.6. The number of rotatable bonds is 51. The summed E-state index contributed by atoms with van der Waals surface area (Å²) in [5.41, 5.74) is 0. The van der Waals surface area contributed by atoms with Gasteiger partial charge in [0.05, 0.1) is 6.61 Å². The second kappa shape index (κ2) is 54.9. The number of esters is 2. The van der Waals surface area contributed by atoms with E-state index in [0.29, 0.717) is 19.4 Å². The van der Waals surface area contributed by atoms with Gasteiger partial charge in [0.15, 0.2) is 6.10 Å². The Bertz CT molecular complexity index is 1100. The number of carbonyl (C=O) groups is 2. The van der Waals surface area contributed by atoms with E-state index in [1.165, 1.54) is 173 Å². The van der Waals surface area contributed by atoms with Crippen molar-refractivity contribution in [3.8, 4) is 0 Å². The summed E-state index contributed by atoms with van der Waals surface area (Å²) < 4.78 is 17.4. The van der Waals surface area contributed by atoms with Crippen molar-refractivity contribution >= 4 is 11.9 Å². The van der Waals surface area contributed by atoms with Crippen LogP contribution >= 0.6 is 0 Å². The van der Waals surface area contributed by atoms with Crippen LogP contribution in [-0.2, 0) is 23.8 Å². The molecule has 1 atom stereocenters. The maximum Gasteiger partial charge on any atom is 0.306 e. The molecule has 372 valence electrons. The molecule has 0 heterocycles. The monoisotopic (exact) mass is 895 g/mol. The number of hydrogen-bond donors (Lipinski definition) is 0. The lowest BCUT2D eigenvalue weighted by Gasteiger charge is -2.18. The lowest BCUT2D eigenvalue weighted by atomic mass is 10.0. The minimum atomic E-state index is -0.555. The van der Waals surface area contributed by atoms with Crippen LogP contribution in [0.25, 0.3) is 0 Å². The number of carbonyl (C=O) groups excluding carboxylic acids is 2. The van der Waals surface area contributed by atoms with Gasteiger partial charge in [0.1, 0.15) is 6.61 Å². The largest absolute Gasteiger partial charge is 0.462 e. The second-order valence-corrected chi connectivity index (χ2v) is 18.5. The summed E-state index contributed by atoms with van der Waals surface area (Å²) in [6.45, 7) is 7.76. The first-order valence-corrected chi connectivity index (χ1v) is 27.8. The fourth-order valence-corrected chi connectivity index (χ4v) is 7.84. The summed E-state index contributed by atoms with van der Waals surface area (Å²) in [5, 5.41) is 0. The number of ether oxygens (including phenoxy) is 3. The van der Waals surface area contributed by atoms with Gasteiger partial charge in [-0.05, 0) is 89.9 Å². The molecule has 0 bridgehead atoms. The van der Waals surface area contributed by atoms with Gasteiger partial charge in [-0.3, -0.25) is 9.59 Å². The molecule has 0 spiro atoms. The van der Waals surface area contributed by atoms with E-state index in [1.54, 1.807) is 0 Å². The Morgan fingerprint density at radius 1 is 0.344 bits per heavy atom. The van der Waals surface area contributed by atoms with Crippen LogP contribution in [0, 0.1) is 0 Å². The Balaban J connectivity index is 4.32. The van der Waals surface area contributed by atoms with Crippen LogP contribution in [0.3, 0.4) is 0 Å². The van der Waals surface area contributed by atoms with Crippen LogP contribution in [0.15, 0.2) is 60.8 Å². The van der Waals surface area contributed by atoms with Crippen LogP contribution in [-0.4, -0.2) is 37.9 Å². The van der Waals surface area contributed by atoms with E-state index >= 15 is 0 Å². The SMILES string of the molecule is CCCCC/C=C\C/C=C\C/C=C\CCCCC(=O)OC[C@@H](COCCCCCCCCCCCCCCCCCC)OC(=O)CCCCCCCCC/C=C\C/C=C\CCCCC. The number of allylic oxidation sites excluding steroid dienone is 10. The molecule has 0 N–H and O–H groups in total. The Labute approximate surface area is 398 Å². The predicted octanol–water partition coefficient (Wildman–Crippen LogP) is 18.9. The molecular weight excluding hydrogens is 789 g/mol. The van der Waals surface area contributed by atoms with Gasteiger partial charge in [-0.2, -0.15) is 0 Å². The van der Waals surface area contributed by atoms with Crippen LogP contribution in [0.5, 0.6) is 0 Å². The van der Waals surface area contributed by atoms with Crippen molar-refractivity contribution in [2.24, 2.45) is 0 Å². The van der Waals surface area contributed by atoms with Gasteiger partial charge in [0, 0.05) is 19.4 Å². The van der Waals surface area contributed by atoms with E-state index in [4.69, 9.17) is 14.2 Å². The lowest BCUT2D eigenvalue weighted by Crippen LogP contribution is -2.30. The van der Waals surface area contributed by atoms with Crippen LogP contribution in [0.2, 0.25) is 0 Å². The summed E-state index contributed by atoms with van der Waals surface area (Å²) >= 11 is 0. The Morgan fingerprint density at radius 2 is 0.656 bits per heavy atom. The molecule has 64 heavy (non-hydrogen) atoms. The average Bonchev–Trinajstić information content (AvgIpc) is 3.30. The summed E-state index contributed by atoms with van der Waals surface area (Å²) in [6.07, 6.45) is 69.5. The van der Waals surface area contributed by atoms with Crippen LogP contribution < -0.4 is 0 Å². The zero-order valence-corrected chi connectivity index (χ0v) is 42.8. The molecule has 0 aromatic heterocycles. The maximum atomic E-state index is 12.8. The van der Waals surface area contributed by atoms with Gasteiger partial charge >= 0.3 is 11.9 Å². The topological polar surface area (TPSA) is 61.8 Å². The van der Waals surface area contributed by atoms with E-state index in [9.17, 15) is 9.59 Å². The Morgan fingerprint density at radius 3 is 1.11 bits per heavy atom. The minimum Gasteiger partial charge on any atom is -0.462 e. The normalized spacial score (nSPS) is 12.6.